The van der Waals surface area contributed by atoms with Crippen LogP contribution in [0, 0.1) is 0 Å². The molecule has 2 aromatic heterocycles. The third-order valence-corrected chi connectivity index (χ3v) is 4.64. The molecule has 4 aromatic rings. The summed E-state index contributed by atoms with van der Waals surface area (Å²) in [4.78, 5) is 8.61. The van der Waals surface area contributed by atoms with E-state index in [1.54, 1.807) is 18.6 Å². The van der Waals surface area contributed by atoms with Crippen LogP contribution in [0.25, 0.3) is 10.9 Å². The minimum Gasteiger partial charge on any atom is -0.505 e. The van der Waals surface area contributed by atoms with Crippen LogP contribution in [0.15, 0.2) is 79.3 Å². The quantitative estimate of drug-likeness (QED) is 0.470. The molecule has 5 heteroatoms. The van der Waals surface area contributed by atoms with Gasteiger partial charge in [0.1, 0.15) is 17.0 Å². The molecule has 0 saturated carbocycles. The molecule has 0 spiro atoms. The second-order valence-electron chi connectivity index (χ2n) is 7.13. The second-order valence-corrected chi connectivity index (χ2v) is 7.13. The molecule has 4 rings (SSSR count). The maximum Gasteiger partial charge on any atom is 0.147 e. The highest BCUT2D eigenvalue weighted by molar-refractivity contribution is 5.86. The van der Waals surface area contributed by atoms with Crippen LogP contribution in [-0.4, -0.2) is 21.2 Å². The van der Waals surface area contributed by atoms with Crippen LogP contribution < -0.4 is 10.1 Å². The van der Waals surface area contributed by atoms with E-state index >= 15 is 0 Å². The number of nitrogens with one attached hydrogen (secondary N) is 1. The third-order valence-electron chi connectivity index (χ3n) is 4.64. The van der Waals surface area contributed by atoms with Crippen molar-refractivity contribution in [3.8, 4) is 11.5 Å². The molecule has 0 aliphatic heterocycles. The van der Waals surface area contributed by atoms with Gasteiger partial charge < -0.3 is 15.2 Å². The molecule has 2 aromatic carbocycles. The number of phenolic OH excluding ortho intramolecular Hbond substituents is 1. The molecule has 0 saturated heterocycles. The average Bonchev–Trinajstić information content (AvgIpc) is 2.74. The van der Waals surface area contributed by atoms with Crippen LogP contribution >= 0.6 is 0 Å². The fourth-order valence-corrected chi connectivity index (χ4v) is 3.33. The smallest absolute Gasteiger partial charge is 0.147 e. The molecule has 29 heavy (non-hydrogen) atoms. The number of anilines is 1. The molecule has 2 N–H and O–H groups in total. The van der Waals surface area contributed by atoms with E-state index < -0.39 is 0 Å². The van der Waals surface area contributed by atoms with Crippen molar-refractivity contribution < 1.29 is 9.84 Å². The van der Waals surface area contributed by atoms with Crippen molar-refractivity contribution in [1.82, 2.24) is 9.97 Å². The first kappa shape index (κ1) is 18.7. The molecule has 2 heterocycles. The van der Waals surface area contributed by atoms with E-state index in [2.05, 4.69) is 15.3 Å². The fraction of sp³-hybridized carbons (Fsp3) is 0.167. The molecule has 0 aliphatic carbocycles. The Hall–Kier alpha value is -3.60. The zero-order valence-corrected chi connectivity index (χ0v) is 16.4. The molecule has 0 bridgehead atoms. The molecule has 0 aliphatic rings. The summed E-state index contributed by atoms with van der Waals surface area (Å²) in [6, 6.07) is 19.1. The summed E-state index contributed by atoms with van der Waals surface area (Å²) >= 11 is 0. The SMILES string of the molecule is CC(C)Oc1ccc(NC(c2cccnc2)c2ccc3cccnc3c2O)cc1. The van der Waals surface area contributed by atoms with Crippen molar-refractivity contribution in [3.05, 3.63) is 90.4 Å². The first-order valence-electron chi connectivity index (χ1n) is 9.61. The predicted octanol–water partition coefficient (Wildman–Crippen LogP) is 5.32. The maximum atomic E-state index is 11.0. The van der Waals surface area contributed by atoms with Gasteiger partial charge in [-0.05, 0) is 55.8 Å². The van der Waals surface area contributed by atoms with Crippen LogP contribution in [0.1, 0.15) is 31.0 Å². The van der Waals surface area contributed by atoms with Gasteiger partial charge in [-0.1, -0.05) is 24.3 Å². The Morgan fingerprint density at radius 2 is 1.72 bits per heavy atom. The predicted molar refractivity (Wildman–Crippen MR) is 115 cm³/mol. The first-order chi connectivity index (χ1) is 14.1. The van der Waals surface area contributed by atoms with E-state index in [0.29, 0.717) is 5.52 Å². The number of aromatic hydroxyl groups is 1. The fourth-order valence-electron chi connectivity index (χ4n) is 3.33. The molecule has 0 fully saturated rings. The zero-order valence-electron chi connectivity index (χ0n) is 16.4. The lowest BCUT2D eigenvalue weighted by Crippen LogP contribution is -2.13. The lowest BCUT2D eigenvalue weighted by molar-refractivity contribution is 0.242. The Morgan fingerprint density at radius 1 is 0.931 bits per heavy atom. The Labute approximate surface area is 170 Å². The van der Waals surface area contributed by atoms with Gasteiger partial charge in [0.15, 0.2) is 0 Å². The number of pyridine rings is 2. The number of nitrogens with zero attached hydrogens (tertiary/aromatic N) is 2. The van der Waals surface area contributed by atoms with E-state index in [9.17, 15) is 5.11 Å². The van der Waals surface area contributed by atoms with Gasteiger partial charge in [0, 0.05) is 35.2 Å². The van der Waals surface area contributed by atoms with Crippen molar-refractivity contribution in [1.29, 1.82) is 0 Å². The van der Waals surface area contributed by atoms with E-state index in [-0.39, 0.29) is 17.9 Å². The Balaban J connectivity index is 1.73. The van der Waals surface area contributed by atoms with Crippen LogP contribution in [0.4, 0.5) is 5.69 Å². The molecule has 5 nitrogen and oxygen atoms in total. The highest BCUT2D eigenvalue weighted by atomic mass is 16.5. The number of phenols is 1. The zero-order chi connectivity index (χ0) is 20.2. The standard InChI is InChI=1S/C24H23N3O2/c1-16(2)29-20-10-8-19(9-11-20)27-22(18-6-3-13-25-15-18)21-12-7-17-5-4-14-26-23(17)24(21)28/h3-16,22,27-28H,1-2H3. The number of aromatic nitrogens is 2. The molecule has 0 radical (unpaired) electrons. The summed E-state index contributed by atoms with van der Waals surface area (Å²) in [5.74, 6) is 0.991. The molecule has 0 amide bonds. The molecule has 146 valence electrons. The number of hydrogen-bond acceptors (Lipinski definition) is 5. The van der Waals surface area contributed by atoms with E-state index in [1.165, 1.54) is 0 Å². The van der Waals surface area contributed by atoms with Gasteiger partial charge in [0.25, 0.3) is 0 Å². The van der Waals surface area contributed by atoms with Crippen LogP contribution in [0.2, 0.25) is 0 Å². The molecule has 1 unspecified atom stereocenters. The van der Waals surface area contributed by atoms with Crippen molar-refractivity contribution in [2.45, 2.75) is 26.0 Å². The summed E-state index contributed by atoms with van der Waals surface area (Å²) in [7, 11) is 0. The van der Waals surface area contributed by atoms with E-state index in [0.717, 1.165) is 28.0 Å². The molecular formula is C24H23N3O2. The van der Waals surface area contributed by atoms with Crippen LogP contribution in [-0.2, 0) is 0 Å². The van der Waals surface area contributed by atoms with Crippen molar-refractivity contribution >= 4 is 16.6 Å². The highest BCUT2D eigenvalue weighted by Crippen LogP contribution is 2.36. The topological polar surface area (TPSA) is 67.3 Å². The van der Waals surface area contributed by atoms with Gasteiger partial charge in [-0.2, -0.15) is 0 Å². The lowest BCUT2D eigenvalue weighted by atomic mass is 9.97. The van der Waals surface area contributed by atoms with Crippen LogP contribution in [0.5, 0.6) is 11.5 Å². The Morgan fingerprint density at radius 3 is 2.45 bits per heavy atom. The number of benzene rings is 2. The summed E-state index contributed by atoms with van der Waals surface area (Å²) in [5, 5.41) is 15.4. The normalized spacial score (nSPS) is 12.1. The van der Waals surface area contributed by atoms with Gasteiger partial charge in [0.2, 0.25) is 0 Å². The van der Waals surface area contributed by atoms with Gasteiger partial charge in [-0.25, -0.2) is 0 Å². The second kappa shape index (κ2) is 8.19. The summed E-state index contributed by atoms with van der Waals surface area (Å²) < 4.78 is 5.72. The van der Waals surface area contributed by atoms with E-state index in [1.807, 2.05) is 74.5 Å². The maximum absolute atomic E-state index is 11.0. The number of fused-ring (bicyclic) bond motifs is 1. The molecule has 1 atom stereocenters. The van der Waals surface area contributed by atoms with Gasteiger partial charge in [0.05, 0.1) is 12.1 Å². The monoisotopic (exact) mass is 385 g/mol. The first-order valence-corrected chi connectivity index (χ1v) is 9.61. The highest BCUT2D eigenvalue weighted by Gasteiger charge is 2.20. The van der Waals surface area contributed by atoms with E-state index in [4.69, 9.17) is 4.74 Å². The van der Waals surface area contributed by atoms with Gasteiger partial charge >= 0.3 is 0 Å². The minimum absolute atomic E-state index is 0.124. The lowest BCUT2D eigenvalue weighted by Gasteiger charge is -2.22. The third kappa shape index (κ3) is 4.14. The van der Waals surface area contributed by atoms with Crippen molar-refractivity contribution in [2.24, 2.45) is 0 Å². The van der Waals surface area contributed by atoms with Gasteiger partial charge in [-0.15, -0.1) is 0 Å². The summed E-state index contributed by atoms with van der Waals surface area (Å²) in [6.45, 7) is 4.00. The summed E-state index contributed by atoms with van der Waals surface area (Å²) in [5.41, 5.74) is 3.18. The Kier molecular flexibility index (Phi) is 5.29. The van der Waals surface area contributed by atoms with Crippen molar-refractivity contribution in [2.75, 3.05) is 5.32 Å². The number of rotatable bonds is 6. The number of hydrogen-bond donors (Lipinski definition) is 2. The summed E-state index contributed by atoms with van der Waals surface area (Å²) in [6.07, 6.45) is 5.35. The van der Waals surface area contributed by atoms with Gasteiger partial charge in [-0.3, -0.25) is 9.97 Å². The molecular weight excluding hydrogens is 362 g/mol. The van der Waals surface area contributed by atoms with Crippen LogP contribution in [0.3, 0.4) is 0 Å². The minimum atomic E-state index is -0.285. The van der Waals surface area contributed by atoms with Crippen molar-refractivity contribution in [3.63, 3.8) is 0 Å². The Bertz CT molecular complexity index is 1100. The largest absolute Gasteiger partial charge is 0.505 e. The average molecular weight is 385 g/mol. The number of ether oxygens (including phenoxy) is 1.